The van der Waals surface area contributed by atoms with Gasteiger partial charge in [0, 0.05) is 49.8 Å². The number of anilines is 1. The normalized spacial score (nSPS) is 15.9. The van der Waals surface area contributed by atoms with E-state index in [-0.39, 0.29) is 40.9 Å². The fourth-order valence-corrected chi connectivity index (χ4v) is 7.33. The predicted octanol–water partition coefficient (Wildman–Crippen LogP) is 2.74. The van der Waals surface area contributed by atoms with Gasteiger partial charge < -0.3 is 14.8 Å². The number of hydrogen-bond donors (Lipinski definition) is 3. The van der Waals surface area contributed by atoms with Gasteiger partial charge in [0.05, 0.1) is 10.9 Å². The summed E-state index contributed by atoms with van der Waals surface area (Å²) in [5.74, 6) is -1.11. The molecule has 3 rings (SSSR count). The van der Waals surface area contributed by atoms with Crippen LogP contribution < -0.4 is 10.4 Å². The second-order valence-corrected chi connectivity index (χ2v) is 11.6. The first kappa shape index (κ1) is 25.9. The summed E-state index contributed by atoms with van der Waals surface area (Å²) >= 11 is 13.0. The van der Waals surface area contributed by atoms with Gasteiger partial charge >= 0.3 is 0 Å². The van der Waals surface area contributed by atoms with E-state index in [2.05, 4.69) is 0 Å². The summed E-state index contributed by atoms with van der Waals surface area (Å²) in [5.41, 5.74) is 3.16. The molecule has 1 atom stereocenters. The van der Waals surface area contributed by atoms with E-state index in [0.717, 1.165) is 23.3 Å². The number of hydrogen-bond acceptors (Lipinski definition) is 8. The number of aliphatic hydroxyl groups excluding tert-OH is 1. The number of sulfonamides is 1. The number of amides is 1. The Balaban J connectivity index is 1.86. The van der Waals surface area contributed by atoms with Crippen LogP contribution in [0.2, 0.25) is 8.67 Å². The number of carbonyl (C=O) groups is 2. The number of piperazine rings is 1. The summed E-state index contributed by atoms with van der Waals surface area (Å²) < 4.78 is 27.7. The third kappa shape index (κ3) is 5.68. The first-order valence-corrected chi connectivity index (χ1v) is 13.1. The molecule has 33 heavy (non-hydrogen) atoms. The van der Waals surface area contributed by atoms with E-state index in [0.29, 0.717) is 29.4 Å². The minimum Gasteiger partial charge on any atom is -0.396 e. The summed E-state index contributed by atoms with van der Waals surface area (Å²) in [6.07, 6.45) is 1.37. The molecule has 3 N–H and O–H groups in total. The molecule has 1 aromatic carbocycles. The van der Waals surface area contributed by atoms with Gasteiger partial charge in [-0.05, 0) is 36.2 Å². The Labute approximate surface area is 205 Å². The first-order chi connectivity index (χ1) is 15.7. The molecule has 0 radical (unpaired) electrons. The molecule has 0 aliphatic carbocycles. The number of nitrogens with one attached hydrogen (secondary N) is 1. The molecule has 1 saturated heterocycles. The molecule has 13 heteroatoms. The maximum atomic E-state index is 13.0. The summed E-state index contributed by atoms with van der Waals surface area (Å²) in [4.78, 5) is 24.7. The van der Waals surface area contributed by atoms with E-state index in [9.17, 15) is 23.1 Å². The Hall–Kier alpha value is -1.73. The number of aldehydes is 1. The number of carbonyl (C=O) groups excluding carboxylic acids is 2. The molecule has 1 aromatic heterocycles. The molecule has 0 bridgehead atoms. The van der Waals surface area contributed by atoms with Gasteiger partial charge in [-0.2, -0.15) is 4.31 Å². The fourth-order valence-electron chi connectivity index (χ4n) is 3.80. The lowest BCUT2D eigenvalue weighted by atomic mass is 9.91. The monoisotopic (exact) mass is 535 g/mol. The van der Waals surface area contributed by atoms with Crippen LogP contribution >= 0.6 is 34.5 Å². The summed E-state index contributed by atoms with van der Waals surface area (Å²) in [6.45, 7) is 0.875. The van der Waals surface area contributed by atoms with Gasteiger partial charge in [-0.25, -0.2) is 13.9 Å². The molecule has 0 saturated carbocycles. The molecular formula is C20H23Cl2N3O6S2. The third-order valence-corrected chi connectivity index (χ3v) is 9.16. The van der Waals surface area contributed by atoms with E-state index in [4.69, 9.17) is 28.4 Å². The van der Waals surface area contributed by atoms with Gasteiger partial charge in [0.1, 0.15) is 15.5 Å². The van der Waals surface area contributed by atoms with Crippen LogP contribution in [-0.2, 0) is 14.8 Å². The number of aliphatic hydroxyl groups is 1. The Morgan fingerprint density at radius 1 is 1.21 bits per heavy atom. The van der Waals surface area contributed by atoms with Crippen molar-refractivity contribution >= 4 is 62.4 Å². The van der Waals surface area contributed by atoms with E-state index in [1.807, 2.05) is 4.90 Å². The van der Waals surface area contributed by atoms with Crippen molar-refractivity contribution in [3.63, 3.8) is 0 Å². The lowest BCUT2D eigenvalue weighted by Crippen LogP contribution is -2.49. The van der Waals surface area contributed by atoms with Crippen LogP contribution in [0.5, 0.6) is 0 Å². The molecule has 1 amide bonds. The Morgan fingerprint density at radius 2 is 1.91 bits per heavy atom. The molecular weight excluding hydrogens is 513 g/mol. The Bertz CT molecular complexity index is 1120. The van der Waals surface area contributed by atoms with Crippen molar-refractivity contribution in [3.8, 4) is 0 Å². The van der Waals surface area contributed by atoms with E-state index in [1.165, 1.54) is 16.4 Å². The smallest absolute Gasteiger partial charge is 0.274 e. The highest BCUT2D eigenvalue weighted by molar-refractivity contribution is 7.89. The van der Waals surface area contributed by atoms with Gasteiger partial charge in [-0.1, -0.05) is 23.2 Å². The van der Waals surface area contributed by atoms with E-state index < -0.39 is 21.8 Å². The van der Waals surface area contributed by atoms with Crippen molar-refractivity contribution in [2.24, 2.45) is 0 Å². The average molecular weight is 536 g/mol. The van der Waals surface area contributed by atoms with Crippen molar-refractivity contribution in [1.29, 1.82) is 0 Å². The second-order valence-electron chi connectivity index (χ2n) is 7.42. The van der Waals surface area contributed by atoms with Crippen molar-refractivity contribution in [2.75, 3.05) is 37.7 Å². The third-order valence-electron chi connectivity index (χ3n) is 5.51. The molecule has 2 aromatic rings. The average Bonchev–Trinajstić information content (AvgIpc) is 3.17. The standard InChI is InChI=1S/C20H23Cl2N3O6S2/c21-18-11-17(19(22)32-18)33(30,31)25-7-5-24(6-8-25)16-4-3-13(20(28)23-29)10-15(16)14(12-27)2-1-9-26/h3-4,9-11,14,27,29H,1-2,5-8,12H2,(H,23,28). The topological polar surface area (TPSA) is 127 Å². The zero-order chi connectivity index (χ0) is 24.2. The minimum atomic E-state index is -3.80. The number of nitrogens with zero attached hydrogens (tertiary/aromatic N) is 2. The van der Waals surface area contributed by atoms with Crippen molar-refractivity contribution in [2.45, 2.75) is 23.7 Å². The van der Waals surface area contributed by atoms with Crippen LogP contribution in [0.15, 0.2) is 29.2 Å². The van der Waals surface area contributed by atoms with Crippen molar-refractivity contribution < 1.29 is 28.3 Å². The summed E-state index contributed by atoms with van der Waals surface area (Å²) in [6, 6.07) is 6.15. The lowest BCUT2D eigenvalue weighted by Gasteiger charge is -2.37. The minimum absolute atomic E-state index is 0.0121. The number of halogens is 2. The zero-order valence-corrected chi connectivity index (χ0v) is 20.6. The first-order valence-electron chi connectivity index (χ1n) is 10.1. The van der Waals surface area contributed by atoms with Crippen molar-refractivity contribution in [3.05, 3.63) is 44.1 Å². The van der Waals surface area contributed by atoms with Gasteiger partial charge in [0.15, 0.2) is 0 Å². The zero-order valence-electron chi connectivity index (χ0n) is 17.4. The summed E-state index contributed by atoms with van der Waals surface area (Å²) in [5, 5.41) is 18.9. The van der Waals surface area contributed by atoms with Crippen molar-refractivity contribution in [1.82, 2.24) is 9.79 Å². The molecule has 0 spiro atoms. The van der Waals surface area contributed by atoms with Gasteiger partial charge in [0.25, 0.3) is 5.91 Å². The van der Waals surface area contributed by atoms with Crippen LogP contribution in [0, 0.1) is 0 Å². The molecule has 180 valence electrons. The lowest BCUT2D eigenvalue weighted by molar-refractivity contribution is -0.108. The second kappa shape index (κ2) is 11.1. The van der Waals surface area contributed by atoms with Crippen LogP contribution in [0.3, 0.4) is 0 Å². The molecule has 9 nitrogen and oxygen atoms in total. The van der Waals surface area contributed by atoms with Gasteiger partial charge in [0.2, 0.25) is 10.0 Å². The largest absolute Gasteiger partial charge is 0.396 e. The fraction of sp³-hybridized carbons (Fsp3) is 0.400. The van der Waals surface area contributed by atoms with Crippen LogP contribution in [0.25, 0.3) is 0 Å². The maximum Gasteiger partial charge on any atom is 0.274 e. The molecule has 1 fully saturated rings. The molecule has 1 aliphatic rings. The Kier molecular flexibility index (Phi) is 8.73. The highest BCUT2D eigenvalue weighted by Gasteiger charge is 2.32. The van der Waals surface area contributed by atoms with Crippen LogP contribution in [0.1, 0.15) is 34.7 Å². The molecule has 2 heterocycles. The SMILES string of the molecule is O=CCCC(CO)c1cc(C(=O)NO)ccc1N1CCN(S(=O)(=O)c2cc(Cl)sc2Cl)CC1. The van der Waals surface area contributed by atoms with Gasteiger partial charge in [-0.3, -0.25) is 10.0 Å². The quantitative estimate of drug-likeness (QED) is 0.256. The maximum absolute atomic E-state index is 13.0. The number of rotatable bonds is 9. The van der Waals surface area contributed by atoms with E-state index in [1.54, 1.807) is 17.6 Å². The highest BCUT2D eigenvalue weighted by Crippen LogP contribution is 2.37. The van der Waals surface area contributed by atoms with Crippen LogP contribution in [0.4, 0.5) is 5.69 Å². The number of benzene rings is 1. The summed E-state index contributed by atoms with van der Waals surface area (Å²) in [7, 11) is -3.80. The van der Waals surface area contributed by atoms with Crippen LogP contribution in [-0.4, -0.2) is 68.0 Å². The number of hydroxylamine groups is 1. The Morgan fingerprint density at radius 3 is 2.45 bits per heavy atom. The molecule has 1 unspecified atom stereocenters. The molecule has 1 aliphatic heterocycles. The highest BCUT2D eigenvalue weighted by atomic mass is 35.5. The predicted molar refractivity (Wildman–Crippen MR) is 126 cm³/mol. The van der Waals surface area contributed by atoms with E-state index >= 15 is 0 Å². The number of thiophene rings is 1. The van der Waals surface area contributed by atoms with Gasteiger partial charge in [-0.15, -0.1) is 11.3 Å².